The predicted molar refractivity (Wildman–Crippen MR) is 71.1 cm³/mol. The van der Waals surface area contributed by atoms with Crippen molar-refractivity contribution >= 4 is 5.91 Å². The predicted octanol–water partition coefficient (Wildman–Crippen LogP) is 1.69. The molecule has 4 nitrogen and oxygen atoms in total. The minimum atomic E-state index is -0.122. The highest BCUT2D eigenvalue weighted by molar-refractivity contribution is 5.81. The van der Waals surface area contributed by atoms with E-state index >= 15 is 0 Å². The molecule has 0 bridgehead atoms. The van der Waals surface area contributed by atoms with Crippen LogP contribution in [-0.2, 0) is 9.53 Å². The Balaban J connectivity index is 3.44. The highest BCUT2D eigenvalue weighted by Crippen LogP contribution is 1.94. The van der Waals surface area contributed by atoms with Crippen molar-refractivity contribution in [3.8, 4) is 0 Å². The maximum absolute atomic E-state index is 11.6. The number of unbranched alkanes of at least 4 members (excludes halogenated alkanes) is 1. The average molecular weight is 244 g/mol. The molecule has 0 aromatic rings. The second kappa shape index (κ2) is 9.42. The summed E-state index contributed by atoms with van der Waals surface area (Å²) in [6.45, 7) is 11.6. The summed E-state index contributed by atoms with van der Waals surface area (Å²) < 4.78 is 5.44. The maximum atomic E-state index is 11.6. The smallest absolute Gasteiger partial charge is 0.237 e. The number of nitrogens with one attached hydrogen (secondary N) is 2. The summed E-state index contributed by atoms with van der Waals surface area (Å²) in [5.74, 6) is 0.0680. The lowest BCUT2D eigenvalue weighted by molar-refractivity contribution is -0.123. The van der Waals surface area contributed by atoms with Gasteiger partial charge in [-0.15, -0.1) is 0 Å². The van der Waals surface area contributed by atoms with Gasteiger partial charge in [0.25, 0.3) is 0 Å². The Morgan fingerprint density at radius 1 is 1.12 bits per heavy atom. The van der Waals surface area contributed by atoms with Gasteiger partial charge < -0.3 is 15.4 Å². The molecule has 0 saturated carbocycles. The van der Waals surface area contributed by atoms with Gasteiger partial charge in [-0.25, -0.2) is 0 Å². The van der Waals surface area contributed by atoms with Gasteiger partial charge in [0.2, 0.25) is 5.91 Å². The molecule has 1 amide bonds. The van der Waals surface area contributed by atoms with Crippen LogP contribution in [0.3, 0.4) is 0 Å². The van der Waals surface area contributed by atoms with Crippen LogP contribution in [0.4, 0.5) is 0 Å². The number of hydrogen-bond acceptors (Lipinski definition) is 3. The van der Waals surface area contributed by atoms with E-state index < -0.39 is 0 Å². The van der Waals surface area contributed by atoms with E-state index in [9.17, 15) is 4.79 Å². The van der Waals surface area contributed by atoms with Crippen LogP contribution >= 0.6 is 0 Å². The number of carbonyl (C=O) groups is 1. The van der Waals surface area contributed by atoms with E-state index in [0.29, 0.717) is 6.10 Å². The van der Waals surface area contributed by atoms with Gasteiger partial charge in [0.05, 0.1) is 12.1 Å². The topological polar surface area (TPSA) is 50.4 Å². The van der Waals surface area contributed by atoms with E-state index in [4.69, 9.17) is 4.74 Å². The molecule has 0 fully saturated rings. The van der Waals surface area contributed by atoms with Gasteiger partial charge in [0.1, 0.15) is 0 Å². The zero-order valence-corrected chi connectivity index (χ0v) is 11.9. The summed E-state index contributed by atoms with van der Waals surface area (Å²) in [4.78, 5) is 11.6. The SMILES string of the molecule is CC(C)NC(=O)C(C)NCCCCOC(C)C. The Morgan fingerprint density at radius 3 is 2.29 bits per heavy atom. The van der Waals surface area contributed by atoms with Crippen LogP contribution < -0.4 is 10.6 Å². The number of amides is 1. The summed E-state index contributed by atoms with van der Waals surface area (Å²) in [6, 6.07) is 0.0783. The molecular weight excluding hydrogens is 216 g/mol. The molecule has 1 unspecified atom stereocenters. The second-order valence-electron chi connectivity index (χ2n) is 4.97. The molecule has 4 heteroatoms. The van der Waals surface area contributed by atoms with Crippen LogP contribution in [0.15, 0.2) is 0 Å². The van der Waals surface area contributed by atoms with Crippen molar-refractivity contribution in [2.24, 2.45) is 0 Å². The van der Waals surface area contributed by atoms with Crippen LogP contribution in [0.1, 0.15) is 47.5 Å². The Hall–Kier alpha value is -0.610. The third-order valence-electron chi connectivity index (χ3n) is 2.30. The van der Waals surface area contributed by atoms with Crippen molar-refractivity contribution in [1.82, 2.24) is 10.6 Å². The van der Waals surface area contributed by atoms with Crippen molar-refractivity contribution in [3.63, 3.8) is 0 Å². The monoisotopic (exact) mass is 244 g/mol. The van der Waals surface area contributed by atoms with Gasteiger partial charge in [-0.1, -0.05) is 0 Å². The number of ether oxygens (including phenoxy) is 1. The summed E-state index contributed by atoms with van der Waals surface area (Å²) >= 11 is 0. The molecule has 102 valence electrons. The fourth-order valence-electron chi connectivity index (χ4n) is 1.37. The summed E-state index contributed by atoms with van der Waals surface area (Å²) in [5.41, 5.74) is 0. The lowest BCUT2D eigenvalue weighted by atomic mass is 10.2. The van der Waals surface area contributed by atoms with Gasteiger partial charge in [-0.05, 0) is 54.0 Å². The standard InChI is InChI=1S/C13H28N2O2/c1-10(2)15-13(16)12(5)14-8-6-7-9-17-11(3)4/h10-12,14H,6-9H2,1-5H3,(H,15,16). The molecule has 0 rings (SSSR count). The van der Waals surface area contributed by atoms with Crippen LogP contribution in [0.2, 0.25) is 0 Å². The fraction of sp³-hybridized carbons (Fsp3) is 0.923. The largest absolute Gasteiger partial charge is 0.379 e. The molecule has 0 aliphatic heterocycles. The first-order chi connectivity index (χ1) is 7.93. The van der Waals surface area contributed by atoms with E-state index in [1.807, 2.05) is 34.6 Å². The zero-order chi connectivity index (χ0) is 13.3. The molecule has 0 aromatic carbocycles. The highest BCUT2D eigenvalue weighted by atomic mass is 16.5. The van der Waals surface area contributed by atoms with Crippen molar-refractivity contribution in [3.05, 3.63) is 0 Å². The lowest BCUT2D eigenvalue weighted by Crippen LogP contribution is -2.44. The highest BCUT2D eigenvalue weighted by Gasteiger charge is 2.11. The molecule has 0 radical (unpaired) electrons. The first-order valence-electron chi connectivity index (χ1n) is 6.58. The van der Waals surface area contributed by atoms with E-state index in [1.165, 1.54) is 0 Å². The Kier molecular flexibility index (Phi) is 9.09. The molecular formula is C13H28N2O2. The third-order valence-corrected chi connectivity index (χ3v) is 2.30. The molecule has 0 heterocycles. The van der Waals surface area contributed by atoms with Gasteiger partial charge in [0, 0.05) is 12.6 Å². The second-order valence-corrected chi connectivity index (χ2v) is 4.97. The molecule has 0 aliphatic rings. The normalized spacial score (nSPS) is 13.1. The van der Waals surface area contributed by atoms with Gasteiger partial charge in [-0.2, -0.15) is 0 Å². The number of rotatable bonds is 9. The minimum absolute atomic E-state index is 0.0680. The molecule has 0 aliphatic carbocycles. The number of hydrogen-bond donors (Lipinski definition) is 2. The summed E-state index contributed by atoms with van der Waals surface area (Å²) in [7, 11) is 0. The van der Waals surface area contributed by atoms with Crippen LogP contribution in [0.5, 0.6) is 0 Å². The van der Waals surface area contributed by atoms with E-state index in [0.717, 1.165) is 26.0 Å². The van der Waals surface area contributed by atoms with Gasteiger partial charge >= 0.3 is 0 Å². The molecule has 17 heavy (non-hydrogen) atoms. The van der Waals surface area contributed by atoms with Crippen molar-refractivity contribution in [2.45, 2.75) is 65.6 Å². The Bertz CT molecular complexity index is 206. The molecule has 0 saturated heterocycles. The zero-order valence-electron chi connectivity index (χ0n) is 11.9. The molecule has 0 aromatic heterocycles. The number of carbonyl (C=O) groups excluding carboxylic acids is 1. The van der Waals surface area contributed by atoms with Crippen LogP contribution in [0, 0.1) is 0 Å². The average Bonchev–Trinajstić information content (AvgIpc) is 2.21. The maximum Gasteiger partial charge on any atom is 0.237 e. The van der Waals surface area contributed by atoms with Gasteiger partial charge in [0.15, 0.2) is 0 Å². The van der Waals surface area contributed by atoms with Crippen LogP contribution in [-0.4, -0.2) is 37.2 Å². The Morgan fingerprint density at radius 2 is 1.76 bits per heavy atom. The first kappa shape index (κ1) is 16.4. The van der Waals surface area contributed by atoms with E-state index in [1.54, 1.807) is 0 Å². The first-order valence-corrected chi connectivity index (χ1v) is 6.58. The van der Waals surface area contributed by atoms with Crippen molar-refractivity contribution in [1.29, 1.82) is 0 Å². The molecule has 1 atom stereocenters. The van der Waals surface area contributed by atoms with Crippen molar-refractivity contribution in [2.75, 3.05) is 13.2 Å². The molecule has 2 N–H and O–H groups in total. The van der Waals surface area contributed by atoms with Crippen LogP contribution in [0.25, 0.3) is 0 Å². The fourth-order valence-corrected chi connectivity index (χ4v) is 1.37. The minimum Gasteiger partial charge on any atom is -0.379 e. The quantitative estimate of drug-likeness (QED) is 0.607. The van der Waals surface area contributed by atoms with E-state index in [-0.39, 0.29) is 18.0 Å². The lowest BCUT2D eigenvalue weighted by Gasteiger charge is -2.16. The third kappa shape index (κ3) is 10.3. The van der Waals surface area contributed by atoms with E-state index in [2.05, 4.69) is 10.6 Å². The summed E-state index contributed by atoms with van der Waals surface area (Å²) in [6.07, 6.45) is 2.37. The van der Waals surface area contributed by atoms with Crippen molar-refractivity contribution < 1.29 is 9.53 Å². The molecule has 0 spiro atoms. The summed E-state index contributed by atoms with van der Waals surface area (Å²) in [5, 5.41) is 6.09. The Labute approximate surface area is 105 Å². The van der Waals surface area contributed by atoms with Gasteiger partial charge in [-0.3, -0.25) is 4.79 Å².